The summed E-state index contributed by atoms with van der Waals surface area (Å²) in [5.41, 5.74) is 0.160. The first kappa shape index (κ1) is 19.9. The zero-order chi connectivity index (χ0) is 20.5. The molecular formula is C18H16F3N3O3S. The standard InChI is InChI=1S/C18H16F3N3O3S/c1-24(11-12-6-8-13(9-7-12)18(19,20)21)16(25)10-22-17-14-4-2-3-5-15(14)28(26,27)23-17/h2-9H,10-11H2,1H3,(H,22,23). The van der Waals surface area contributed by atoms with Crippen LogP contribution in [0.5, 0.6) is 0 Å². The van der Waals surface area contributed by atoms with Gasteiger partial charge in [0.05, 0.1) is 10.5 Å². The molecule has 0 atom stereocenters. The summed E-state index contributed by atoms with van der Waals surface area (Å²) in [5, 5.41) is 0. The number of carbonyl (C=O) groups excluding carboxylic acids is 1. The van der Waals surface area contributed by atoms with E-state index in [1.807, 2.05) is 0 Å². The third kappa shape index (κ3) is 4.16. The second kappa shape index (κ2) is 7.27. The molecular weight excluding hydrogens is 395 g/mol. The number of nitrogens with one attached hydrogen (secondary N) is 1. The Hall–Kier alpha value is -2.88. The first-order valence-electron chi connectivity index (χ1n) is 8.15. The van der Waals surface area contributed by atoms with Crippen LogP contribution in [0.15, 0.2) is 58.4 Å². The quantitative estimate of drug-likeness (QED) is 0.839. The van der Waals surface area contributed by atoms with Gasteiger partial charge in [-0.15, -0.1) is 0 Å². The molecule has 0 saturated heterocycles. The zero-order valence-electron chi connectivity index (χ0n) is 14.7. The Kier molecular flexibility index (Phi) is 5.16. The first-order chi connectivity index (χ1) is 13.1. The van der Waals surface area contributed by atoms with E-state index >= 15 is 0 Å². The van der Waals surface area contributed by atoms with Crippen LogP contribution in [0, 0.1) is 0 Å². The van der Waals surface area contributed by atoms with Gasteiger partial charge in [0.15, 0.2) is 0 Å². The highest BCUT2D eigenvalue weighted by Gasteiger charge is 2.31. The Morgan fingerprint density at radius 1 is 1.11 bits per heavy atom. The molecule has 1 aliphatic heterocycles. The Labute approximate surface area is 159 Å². The molecule has 0 saturated carbocycles. The minimum Gasteiger partial charge on any atom is -0.340 e. The molecule has 6 nitrogen and oxygen atoms in total. The van der Waals surface area contributed by atoms with Crippen molar-refractivity contribution in [3.05, 3.63) is 65.2 Å². The van der Waals surface area contributed by atoms with E-state index < -0.39 is 27.7 Å². The van der Waals surface area contributed by atoms with Crippen molar-refractivity contribution in [2.45, 2.75) is 17.6 Å². The lowest BCUT2D eigenvalue weighted by Crippen LogP contribution is -2.30. The number of sulfonamides is 1. The van der Waals surface area contributed by atoms with Gasteiger partial charge in [-0.05, 0) is 29.8 Å². The van der Waals surface area contributed by atoms with Crippen LogP contribution in [0.1, 0.15) is 16.7 Å². The Balaban J connectivity index is 1.66. The van der Waals surface area contributed by atoms with Gasteiger partial charge in [0.1, 0.15) is 12.4 Å². The zero-order valence-corrected chi connectivity index (χ0v) is 15.5. The number of amides is 1. The average molecular weight is 411 g/mol. The van der Waals surface area contributed by atoms with Crippen LogP contribution in [0.3, 0.4) is 0 Å². The molecule has 0 bridgehead atoms. The molecule has 1 N–H and O–H groups in total. The molecule has 148 valence electrons. The van der Waals surface area contributed by atoms with Crippen molar-refractivity contribution in [1.82, 2.24) is 9.62 Å². The highest BCUT2D eigenvalue weighted by molar-refractivity contribution is 7.90. The summed E-state index contributed by atoms with van der Waals surface area (Å²) in [6.45, 7) is -0.201. The van der Waals surface area contributed by atoms with Gasteiger partial charge in [0, 0.05) is 19.2 Å². The number of benzene rings is 2. The van der Waals surface area contributed by atoms with Crippen molar-refractivity contribution in [3.8, 4) is 0 Å². The summed E-state index contributed by atoms with van der Waals surface area (Å²) in [6.07, 6.45) is -4.42. The van der Waals surface area contributed by atoms with Crippen LogP contribution in [-0.4, -0.2) is 38.7 Å². The van der Waals surface area contributed by atoms with Gasteiger partial charge in [0.25, 0.3) is 10.0 Å². The number of aliphatic imine (C=N–C) groups is 1. The van der Waals surface area contributed by atoms with E-state index in [2.05, 4.69) is 9.71 Å². The SMILES string of the molecule is CN(Cc1ccc(C(F)(F)F)cc1)C(=O)CN=C1NS(=O)(=O)c2ccccc21. The topological polar surface area (TPSA) is 78.8 Å². The van der Waals surface area contributed by atoms with E-state index in [0.717, 1.165) is 12.1 Å². The number of hydrogen-bond donors (Lipinski definition) is 1. The number of amidine groups is 1. The predicted octanol–water partition coefficient (Wildman–Crippen LogP) is 2.40. The van der Waals surface area contributed by atoms with Crippen LogP contribution in [0.4, 0.5) is 13.2 Å². The van der Waals surface area contributed by atoms with Gasteiger partial charge in [-0.1, -0.05) is 24.3 Å². The molecule has 0 aliphatic carbocycles. The number of fused-ring (bicyclic) bond motifs is 1. The largest absolute Gasteiger partial charge is 0.416 e. The van der Waals surface area contributed by atoms with E-state index in [1.165, 1.54) is 30.1 Å². The van der Waals surface area contributed by atoms with Crippen molar-refractivity contribution in [1.29, 1.82) is 0 Å². The van der Waals surface area contributed by atoms with Crippen molar-refractivity contribution < 1.29 is 26.4 Å². The highest BCUT2D eigenvalue weighted by Crippen LogP contribution is 2.29. The van der Waals surface area contributed by atoms with Crippen LogP contribution < -0.4 is 4.72 Å². The molecule has 2 aromatic rings. The summed E-state index contributed by atoms with van der Waals surface area (Å²) in [4.78, 5) is 17.7. The number of likely N-dealkylation sites (N-methyl/N-ethyl adjacent to an activating group) is 1. The summed E-state index contributed by atoms with van der Waals surface area (Å²) in [5.74, 6) is -0.317. The molecule has 0 aromatic heterocycles. The summed E-state index contributed by atoms with van der Waals surface area (Å²) >= 11 is 0. The van der Waals surface area contributed by atoms with E-state index in [4.69, 9.17) is 0 Å². The monoisotopic (exact) mass is 411 g/mol. The van der Waals surface area contributed by atoms with Crippen LogP contribution in [0.25, 0.3) is 0 Å². The Morgan fingerprint density at radius 3 is 2.39 bits per heavy atom. The van der Waals surface area contributed by atoms with Gasteiger partial charge in [0.2, 0.25) is 5.91 Å². The second-order valence-corrected chi connectivity index (χ2v) is 7.86. The highest BCUT2D eigenvalue weighted by atomic mass is 32.2. The van der Waals surface area contributed by atoms with E-state index in [1.54, 1.807) is 18.2 Å². The molecule has 0 spiro atoms. The van der Waals surface area contributed by atoms with Crippen LogP contribution in [-0.2, 0) is 27.5 Å². The number of hydrogen-bond acceptors (Lipinski definition) is 4. The van der Waals surface area contributed by atoms with Crippen LogP contribution in [0.2, 0.25) is 0 Å². The van der Waals surface area contributed by atoms with Gasteiger partial charge in [-0.25, -0.2) is 8.42 Å². The minimum atomic E-state index is -4.42. The van der Waals surface area contributed by atoms with E-state index in [9.17, 15) is 26.4 Å². The van der Waals surface area contributed by atoms with Gasteiger partial charge >= 0.3 is 6.18 Å². The molecule has 2 aromatic carbocycles. The third-order valence-electron chi connectivity index (χ3n) is 4.16. The lowest BCUT2D eigenvalue weighted by atomic mass is 10.1. The Morgan fingerprint density at radius 2 is 1.75 bits per heavy atom. The number of rotatable bonds is 4. The number of nitrogens with zero attached hydrogens (tertiary/aromatic N) is 2. The van der Waals surface area contributed by atoms with E-state index in [-0.39, 0.29) is 23.8 Å². The molecule has 1 amide bonds. The molecule has 0 unspecified atom stereocenters. The van der Waals surface area contributed by atoms with Crippen LogP contribution >= 0.6 is 0 Å². The average Bonchev–Trinajstić information content (AvgIpc) is 2.90. The van der Waals surface area contributed by atoms with Gasteiger partial charge in [-0.3, -0.25) is 14.5 Å². The van der Waals surface area contributed by atoms with Crippen molar-refractivity contribution in [2.24, 2.45) is 4.99 Å². The fourth-order valence-electron chi connectivity index (χ4n) is 2.68. The predicted molar refractivity (Wildman–Crippen MR) is 96.1 cm³/mol. The number of halogens is 3. The lowest BCUT2D eigenvalue weighted by molar-refractivity contribution is -0.137. The maximum Gasteiger partial charge on any atom is 0.416 e. The molecule has 3 rings (SSSR count). The maximum absolute atomic E-state index is 12.6. The van der Waals surface area contributed by atoms with Crippen molar-refractivity contribution >= 4 is 21.8 Å². The fraction of sp³-hybridized carbons (Fsp3) is 0.222. The molecule has 10 heteroatoms. The lowest BCUT2D eigenvalue weighted by Gasteiger charge is -2.17. The molecule has 0 fully saturated rings. The summed E-state index contributed by atoms with van der Waals surface area (Å²) in [6, 6.07) is 10.8. The first-order valence-corrected chi connectivity index (χ1v) is 9.63. The van der Waals surface area contributed by atoms with Crippen molar-refractivity contribution in [3.63, 3.8) is 0 Å². The smallest absolute Gasteiger partial charge is 0.340 e. The minimum absolute atomic E-state index is 0.0897. The number of carbonyl (C=O) groups is 1. The van der Waals surface area contributed by atoms with E-state index in [0.29, 0.717) is 11.1 Å². The second-order valence-electron chi connectivity index (χ2n) is 6.21. The van der Waals surface area contributed by atoms with Crippen molar-refractivity contribution in [2.75, 3.05) is 13.6 Å². The van der Waals surface area contributed by atoms with Gasteiger partial charge < -0.3 is 4.90 Å². The molecule has 0 radical (unpaired) electrons. The number of alkyl halides is 3. The normalized spacial score (nSPS) is 16.5. The molecule has 1 aliphatic rings. The third-order valence-corrected chi connectivity index (χ3v) is 5.56. The molecule has 28 heavy (non-hydrogen) atoms. The Bertz CT molecular complexity index is 1030. The fourth-order valence-corrected chi connectivity index (χ4v) is 3.93. The van der Waals surface area contributed by atoms with Gasteiger partial charge in [-0.2, -0.15) is 13.2 Å². The maximum atomic E-state index is 12.6. The summed E-state index contributed by atoms with van der Waals surface area (Å²) in [7, 11) is -2.19. The summed E-state index contributed by atoms with van der Waals surface area (Å²) < 4.78 is 64.1. The molecule has 1 heterocycles.